The summed E-state index contributed by atoms with van der Waals surface area (Å²) in [6.07, 6.45) is 0. The zero-order chi connectivity index (χ0) is 22.2. The molecule has 0 aliphatic carbocycles. The highest BCUT2D eigenvalue weighted by atomic mass is 35.5. The van der Waals surface area contributed by atoms with Crippen LogP contribution >= 0.6 is 23.2 Å². The van der Waals surface area contributed by atoms with Gasteiger partial charge in [-0.05, 0) is 23.3 Å². The highest BCUT2D eigenvalue weighted by Crippen LogP contribution is 2.20. The molecule has 2 nitrogen and oxygen atoms in total. The minimum Gasteiger partial charge on any atom is -0.278 e. The van der Waals surface area contributed by atoms with Gasteiger partial charge < -0.3 is 0 Å². The van der Waals surface area contributed by atoms with Crippen LogP contribution in [0.4, 0.5) is 0 Å². The van der Waals surface area contributed by atoms with Gasteiger partial charge in [-0.3, -0.25) is 9.98 Å². The molecule has 0 aromatic heterocycles. The van der Waals surface area contributed by atoms with Crippen LogP contribution in [0, 0.1) is 0 Å². The summed E-state index contributed by atoms with van der Waals surface area (Å²) in [5.74, 6) is 0. The van der Waals surface area contributed by atoms with E-state index in [9.17, 15) is 0 Å². The molecular formula is C28H22Cl2N2. The van der Waals surface area contributed by atoms with E-state index in [1.54, 1.807) is 0 Å². The number of halogens is 2. The zero-order valence-electron chi connectivity index (χ0n) is 17.5. The van der Waals surface area contributed by atoms with E-state index in [0.29, 0.717) is 23.1 Å². The molecule has 4 aromatic carbocycles. The second-order valence-electron chi connectivity index (χ2n) is 7.24. The van der Waals surface area contributed by atoms with Crippen LogP contribution in [-0.2, 0) is 13.1 Å². The van der Waals surface area contributed by atoms with Gasteiger partial charge in [0.1, 0.15) is 0 Å². The molecule has 0 heterocycles. The number of aliphatic imine (C=N–C) groups is 2. The molecule has 4 rings (SSSR count). The average Bonchev–Trinajstić information content (AvgIpc) is 2.84. The van der Waals surface area contributed by atoms with Crippen molar-refractivity contribution in [3.63, 3.8) is 0 Å². The lowest BCUT2D eigenvalue weighted by Gasteiger charge is -2.13. The van der Waals surface area contributed by atoms with Gasteiger partial charge in [-0.1, -0.05) is 120 Å². The van der Waals surface area contributed by atoms with Gasteiger partial charge in [0.05, 0.1) is 24.5 Å². The van der Waals surface area contributed by atoms with Gasteiger partial charge in [-0.2, -0.15) is 0 Å². The molecule has 0 atom stereocenters. The number of hydrogen-bond donors (Lipinski definition) is 0. The lowest BCUT2D eigenvalue weighted by Crippen LogP contribution is -2.18. The Morgan fingerprint density at radius 1 is 0.469 bits per heavy atom. The molecule has 0 N–H and O–H groups in total. The minimum absolute atomic E-state index is 0.460. The van der Waals surface area contributed by atoms with Crippen LogP contribution in [-0.4, -0.2) is 11.4 Å². The maximum absolute atomic E-state index is 6.39. The second kappa shape index (κ2) is 10.9. The number of hydrogen-bond acceptors (Lipinski definition) is 2. The monoisotopic (exact) mass is 456 g/mol. The smallest absolute Gasteiger partial charge is 0.0909 e. The fourth-order valence-corrected chi connectivity index (χ4v) is 3.77. The van der Waals surface area contributed by atoms with E-state index < -0.39 is 0 Å². The number of nitrogens with zero attached hydrogens (tertiary/aromatic N) is 2. The van der Waals surface area contributed by atoms with Crippen molar-refractivity contribution < 1.29 is 0 Å². The predicted octanol–water partition coefficient (Wildman–Crippen LogP) is 7.67. The van der Waals surface area contributed by atoms with Crippen molar-refractivity contribution >= 4 is 34.6 Å². The van der Waals surface area contributed by atoms with E-state index >= 15 is 0 Å². The standard InChI is InChI=1S/C28H22Cl2N2/c29-25-17-9-7-15-23(25)19-31-27(21-11-3-1-4-12-21)28(22-13-5-2-6-14-22)32-20-24-16-8-10-18-26(24)30/h1-18H,19-20H2. The molecule has 0 bridgehead atoms. The summed E-state index contributed by atoms with van der Waals surface area (Å²) in [6.45, 7) is 0.920. The number of rotatable bonds is 7. The van der Waals surface area contributed by atoms with E-state index in [0.717, 1.165) is 33.7 Å². The summed E-state index contributed by atoms with van der Waals surface area (Å²) in [5.41, 5.74) is 5.59. The second-order valence-corrected chi connectivity index (χ2v) is 8.06. The summed E-state index contributed by atoms with van der Waals surface area (Å²) in [5, 5.41) is 1.41. The third-order valence-electron chi connectivity index (χ3n) is 5.05. The molecule has 158 valence electrons. The van der Waals surface area contributed by atoms with Gasteiger partial charge >= 0.3 is 0 Å². The summed E-state index contributed by atoms with van der Waals surface area (Å²) >= 11 is 12.8. The Morgan fingerprint density at radius 2 is 0.812 bits per heavy atom. The summed E-state index contributed by atoms with van der Waals surface area (Å²) in [7, 11) is 0. The van der Waals surface area contributed by atoms with Gasteiger partial charge in [0, 0.05) is 21.2 Å². The van der Waals surface area contributed by atoms with E-state index in [1.807, 2.05) is 84.9 Å². The SMILES string of the molecule is Clc1ccccc1CN=C(C(=NCc1ccccc1Cl)c1ccccc1)c1ccccc1. The maximum Gasteiger partial charge on any atom is 0.0909 e. The average molecular weight is 457 g/mol. The third-order valence-corrected chi connectivity index (χ3v) is 5.79. The Hall–Kier alpha value is -3.20. The van der Waals surface area contributed by atoms with Crippen molar-refractivity contribution in [3.8, 4) is 0 Å². The third kappa shape index (κ3) is 5.53. The van der Waals surface area contributed by atoms with Crippen molar-refractivity contribution in [2.75, 3.05) is 0 Å². The maximum atomic E-state index is 6.39. The first-order valence-corrected chi connectivity index (χ1v) is 11.1. The van der Waals surface area contributed by atoms with Crippen LogP contribution in [0.1, 0.15) is 22.3 Å². The Morgan fingerprint density at radius 3 is 1.19 bits per heavy atom. The molecule has 32 heavy (non-hydrogen) atoms. The normalized spacial score (nSPS) is 12.1. The van der Waals surface area contributed by atoms with Crippen LogP contribution in [0.15, 0.2) is 119 Å². The molecule has 0 spiro atoms. The van der Waals surface area contributed by atoms with Gasteiger partial charge in [0.15, 0.2) is 0 Å². The topological polar surface area (TPSA) is 24.7 Å². The molecule has 4 heteroatoms. The highest BCUT2D eigenvalue weighted by molar-refractivity contribution is 6.53. The zero-order valence-corrected chi connectivity index (χ0v) is 19.0. The van der Waals surface area contributed by atoms with Crippen LogP contribution in [0.25, 0.3) is 0 Å². The van der Waals surface area contributed by atoms with Gasteiger partial charge in [-0.25, -0.2) is 0 Å². The van der Waals surface area contributed by atoms with Crippen molar-refractivity contribution in [2.24, 2.45) is 9.98 Å². The Labute approximate surface area is 198 Å². The van der Waals surface area contributed by atoms with Gasteiger partial charge in [-0.15, -0.1) is 0 Å². The largest absolute Gasteiger partial charge is 0.278 e. The van der Waals surface area contributed by atoms with Gasteiger partial charge in [0.2, 0.25) is 0 Å². The molecule has 0 aliphatic rings. The molecule has 0 aliphatic heterocycles. The first-order chi connectivity index (χ1) is 15.7. The van der Waals surface area contributed by atoms with E-state index in [2.05, 4.69) is 24.3 Å². The lowest BCUT2D eigenvalue weighted by atomic mass is 9.99. The summed E-state index contributed by atoms with van der Waals surface area (Å²) in [6, 6.07) is 35.8. The van der Waals surface area contributed by atoms with Gasteiger partial charge in [0.25, 0.3) is 0 Å². The molecule has 0 fully saturated rings. The number of benzene rings is 4. The van der Waals surface area contributed by atoms with Crippen LogP contribution < -0.4 is 0 Å². The van der Waals surface area contributed by atoms with E-state index in [1.165, 1.54) is 0 Å². The fourth-order valence-electron chi connectivity index (χ4n) is 3.38. The van der Waals surface area contributed by atoms with Crippen LogP contribution in [0.5, 0.6) is 0 Å². The van der Waals surface area contributed by atoms with E-state index in [4.69, 9.17) is 33.2 Å². The molecule has 0 amide bonds. The molecule has 4 aromatic rings. The quantitative estimate of drug-likeness (QED) is 0.255. The van der Waals surface area contributed by atoms with Crippen molar-refractivity contribution in [1.29, 1.82) is 0 Å². The summed E-state index contributed by atoms with van der Waals surface area (Å²) < 4.78 is 0. The Bertz CT molecular complexity index is 1130. The molecule has 0 saturated heterocycles. The molecule has 0 unspecified atom stereocenters. The van der Waals surface area contributed by atoms with Crippen LogP contribution in [0.2, 0.25) is 10.0 Å². The van der Waals surface area contributed by atoms with Crippen molar-refractivity contribution in [2.45, 2.75) is 13.1 Å². The summed E-state index contributed by atoms with van der Waals surface area (Å²) in [4.78, 5) is 10.0. The van der Waals surface area contributed by atoms with Crippen LogP contribution in [0.3, 0.4) is 0 Å². The van der Waals surface area contributed by atoms with E-state index in [-0.39, 0.29) is 0 Å². The predicted molar refractivity (Wildman–Crippen MR) is 136 cm³/mol. The fraction of sp³-hybridized carbons (Fsp3) is 0.0714. The minimum atomic E-state index is 0.460. The molecule has 0 saturated carbocycles. The molecular weight excluding hydrogens is 435 g/mol. The first-order valence-electron chi connectivity index (χ1n) is 10.4. The lowest BCUT2D eigenvalue weighted by molar-refractivity contribution is 1.06. The van der Waals surface area contributed by atoms with Crippen molar-refractivity contribution in [1.82, 2.24) is 0 Å². The first kappa shape index (κ1) is 22.0. The van der Waals surface area contributed by atoms with Crippen molar-refractivity contribution in [3.05, 3.63) is 141 Å². The molecule has 0 radical (unpaired) electrons. The Balaban J connectivity index is 1.81. The highest BCUT2D eigenvalue weighted by Gasteiger charge is 2.15. The Kier molecular flexibility index (Phi) is 7.50.